The minimum Gasteiger partial charge on any atom is -0.493 e. The summed E-state index contributed by atoms with van der Waals surface area (Å²) in [6.07, 6.45) is 1.42. The normalized spacial score (nSPS) is 10.3. The molecule has 0 spiro atoms. The fourth-order valence-electron chi connectivity index (χ4n) is 1.82. The number of fused-ring (bicyclic) bond motifs is 1. The van der Waals surface area contributed by atoms with Crippen molar-refractivity contribution >= 4 is 16.5 Å². The summed E-state index contributed by atoms with van der Waals surface area (Å²) in [4.78, 5) is 24.6. The highest BCUT2D eigenvalue weighted by Gasteiger charge is 2.26. The molecule has 94 valence electrons. The highest BCUT2D eigenvalue weighted by Crippen LogP contribution is 2.41. The Morgan fingerprint density at radius 3 is 2.61 bits per heavy atom. The Labute approximate surface area is 101 Å². The molecule has 0 aliphatic heterocycles. The minimum atomic E-state index is -0.654. The summed E-state index contributed by atoms with van der Waals surface area (Å²) in [5.74, 6) is 0.147. The number of ether oxygens (including phenoxy) is 2. The predicted octanol–water partition coefficient (Wildman–Crippen LogP) is 1.45. The van der Waals surface area contributed by atoms with E-state index in [-0.39, 0.29) is 16.9 Å². The van der Waals surface area contributed by atoms with Crippen molar-refractivity contribution in [1.82, 2.24) is 4.98 Å². The number of nitro benzene ring substituents is 1. The molecule has 0 radical (unpaired) electrons. The fourth-order valence-corrected chi connectivity index (χ4v) is 1.82. The number of aromatic amines is 1. The highest BCUT2D eigenvalue weighted by atomic mass is 16.6. The quantitative estimate of drug-likeness (QED) is 0.657. The van der Waals surface area contributed by atoms with Gasteiger partial charge >= 0.3 is 5.69 Å². The van der Waals surface area contributed by atoms with Crippen LogP contribution in [0.1, 0.15) is 0 Å². The van der Waals surface area contributed by atoms with Crippen LogP contribution in [0.2, 0.25) is 0 Å². The van der Waals surface area contributed by atoms with Crippen LogP contribution in [-0.2, 0) is 0 Å². The lowest BCUT2D eigenvalue weighted by Gasteiger charge is -2.09. The molecule has 2 rings (SSSR count). The van der Waals surface area contributed by atoms with Crippen molar-refractivity contribution in [3.63, 3.8) is 0 Å². The summed E-state index contributed by atoms with van der Waals surface area (Å²) in [6, 6.07) is 3.09. The predicted molar refractivity (Wildman–Crippen MR) is 64.3 cm³/mol. The molecule has 7 heteroatoms. The van der Waals surface area contributed by atoms with E-state index in [1.807, 2.05) is 0 Å². The second-order valence-corrected chi connectivity index (χ2v) is 3.49. The van der Waals surface area contributed by atoms with Crippen molar-refractivity contribution in [2.24, 2.45) is 0 Å². The van der Waals surface area contributed by atoms with Crippen LogP contribution >= 0.6 is 0 Å². The first kappa shape index (κ1) is 11.9. The van der Waals surface area contributed by atoms with Gasteiger partial charge in [-0.15, -0.1) is 0 Å². The number of nitrogens with zero attached hydrogens (tertiary/aromatic N) is 1. The van der Waals surface area contributed by atoms with Gasteiger partial charge in [-0.2, -0.15) is 0 Å². The van der Waals surface area contributed by atoms with Crippen LogP contribution < -0.4 is 15.0 Å². The molecule has 1 heterocycles. The summed E-state index contributed by atoms with van der Waals surface area (Å²) >= 11 is 0. The summed E-state index contributed by atoms with van der Waals surface area (Å²) in [5, 5.41) is 11.5. The number of nitro groups is 1. The average molecular weight is 250 g/mol. The van der Waals surface area contributed by atoms with E-state index in [2.05, 4.69) is 4.98 Å². The van der Waals surface area contributed by atoms with E-state index in [0.717, 1.165) is 0 Å². The molecule has 2 aromatic rings. The number of hydrogen-bond acceptors (Lipinski definition) is 5. The van der Waals surface area contributed by atoms with Crippen LogP contribution in [0.4, 0.5) is 5.69 Å². The molecule has 0 saturated heterocycles. The fraction of sp³-hybridized carbons (Fsp3) is 0.182. The zero-order valence-electron chi connectivity index (χ0n) is 9.72. The van der Waals surface area contributed by atoms with Crippen molar-refractivity contribution in [2.75, 3.05) is 14.2 Å². The smallest absolute Gasteiger partial charge is 0.328 e. The second kappa shape index (κ2) is 4.36. The molecule has 0 fully saturated rings. The topological polar surface area (TPSA) is 94.5 Å². The standard InChI is InChI=1S/C11H10N2O5/c1-17-7-5-6-3-4-12-11(14)8(6)9(13(15)16)10(7)18-2/h3-5H,1-2H3,(H,12,14). The first-order chi connectivity index (χ1) is 8.60. The lowest BCUT2D eigenvalue weighted by Crippen LogP contribution is -2.09. The number of H-pyrrole nitrogens is 1. The van der Waals surface area contributed by atoms with Crippen molar-refractivity contribution < 1.29 is 14.4 Å². The lowest BCUT2D eigenvalue weighted by atomic mass is 10.1. The molecule has 18 heavy (non-hydrogen) atoms. The molecule has 1 N–H and O–H groups in total. The van der Waals surface area contributed by atoms with Crippen LogP contribution in [0.3, 0.4) is 0 Å². The third kappa shape index (κ3) is 1.65. The molecule has 7 nitrogen and oxygen atoms in total. The van der Waals surface area contributed by atoms with Crippen LogP contribution in [0, 0.1) is 10.1 Å². The summed E-state index contributed by atoms with van der Waals surface area (Å²) in [5.41, 5.74) is -0.936. The number of hydrogen-bond donors (Lipinski definition) is 1. The maximum absolute atomic E-state index is 11.7. The van der Waals surface area contributed by atoms with E-state index in [1.165, 1.54) is 26.5 Å². The number of benzene rings is 1. The molecular weight excluding hydrogens is 240 g/mol. The van der Waals surface area contributed by atoms with Gasteiger partial charge in [0.05, 0.1) is 19.1 Å². The molecule has 0 saturated carbocycles. The minimum absolute atomic E-state index is 0.0276. The van der Waals surface area contributed by atoms with Gasteiger partial charge in [0.2, 0.25) is 5.75 Å². The SMILES string of the molecule is COc1cc2cc[nH]c(=O)c2c([N+](=O)[O-])c1OC. The maximum Gasteiger partial charge on any atom is 0.328 e. The molecule has 0 atom stereocenters. The highest BCUT2D eigenvalue weighted by molar-refractivity contribution is 5.95. The molecule has 0 bridgehead atoms. The van der Waals surface area contributed by atoms with Crippen molar-refractivity contribution in [2.45, 2.75) is 0 Å². The van der Waals surface area contributed by atoms with Crippen molar-refractivity contribution in [1.29, 1.82) is 0 Å². The molecule has 1 aromatic carbocycles. The first-order valence-electron chi connectivity index (χ1n) is 5.01. The largest absolute Gasteiger partial charge is 0.493 e. The van der Waals surface area contributed by atoms with Gasteiger partial charge in [0.15, 0.2) is 5.75 Å². The Bertz CT molecular complexity index is 677. The zero-order chi connectivity index (χ0) is 13.3. The van der Waals surface area contributed by atoms with Gasteiger partial charge < -0.3 is 14.5 Å². The molecule has 0 amide bonds. The van der Waals surface area contributed by atoms with Gasteiger partial charge in [-0.25, -0.2) is 0 Å². The lowest BCUT2D eigenvalue weighted by molar-refractivity contribution is -0.384. The second-order valence-electron chi connectivity index (χ2n) is 3.49. The number of rotatable bonds is 3. The third-order valence-electron chi connectivity index (χ3n) is 2.56. The maximum atomic E-state index is 11.7. The van der Waals surface area contributed by atoms with Gasteiger partial charge in [-0.3, -0.25) is 14.9 Å². The van der Waals surface area contributed by atoms with Crippen LogP contribution in [-0.4, -0.2) is 24.1 Å². The van der Waals surface area contributed by atoms with Crippen molar-refractivity contribution in [3.8, 4) is 11.5 Å². The third-order valence-corrected chi connectivity index (χ3v) is 2.56. The van der Waals surface area contributed by atoms with E-state index >= 15 is 0 Å². The Kier molecular flexibility index (Phi) is 2.88. The van der Waals surface area contributed by atoms with E-state index < -0.39 is 16.2 Å². The number of pyridine rings is 1. The average Bonchev–Trinajstić information content (AvgIpc) is 2.36. The van der Waals surface area contributed by atoms with E-state index in [1.54, 1.807) is 6.07 Å². The monoisotopic (exact) mass is 250 g/mol. The van der Waals surface area contributed by atoms with Gasteiger partial charge in [0, 0.05) is 6.20 Å². The molecular formula is C11H10N2O5. The molecule has 0 aliphatic rings. The Balaban J connectivity index is 3.03. The van der Waals surface area contributed by atoms with Gasteiger partial charge in [0.25, 0.3) is 5.56 Å². The van der Waals surface area contributed by atoms with Crippen LogP contribution in [0.15, 0.2) is 23.1 Å². The van der Waals surface area contributed by atoms with E-state index in [4.69, 9.17) is 9.47 Å². The summed E-state index contributed by atoms with van der Waals surface area (Å²) in [7, 11) is 2.66. The molecule has 0 aliphatic carbocycles. The molecule has 0 unspecified atom stereocenters. The zero-order valence-corrected chi connectivity index (χ0v) is 9.72. The Morgan fingerprint density at radius 1 is 1.33 bits per heavy atom. The summed E-state index contributed by atoms with van der Waals surface area (Å²) < 4.78 is 10.0. The summed E-state index contributed by atoms with van der Waals surface area (Å²) in [6.45, 7) is 0. The Morgan fingerprint density at radius 2 is 2.06 bits per heavy atom. The van der Waals surface area contributed by atoms with E-state index in [9.17, 15) is 14.9 Å². The first-order valence-corrected chi connectivity index (χ1v) is 5.01. The van der Waals surface area contributed by atoms with Crippen LogP contribution in [0.25, 0.3) is 10.8 Å². The molecule has 1 aromatic heterocycles. The Hall–Kier alpha value is -2.57. The number of methoxy groups -OCH3 is 2. The van der Waals surface area contributed by atoms with Crippen LogP contribution in [0.5, 0.6) is 11.5 Å². The van der Waals surface area contributed by atoms with Gasteiger partial charge in [0.1, 0.15) is 5.39 Å². The number of aromatic nitrogens is 1. The number of nitrogens with one attached hydrogen (secondary N) is 1. The van der Waals surface area contributed by atoms with Gasteiger partial charge in [-0.1, -0.05) is 0 Å². The van der Waals surface area contributed by atoms with E-state index in [0.29, 0.717) is 5.39 Å². The van der Waals surface area contributed by atoms with Crippen molar-refractivity contribution in [3.05, 3.63) is 38.8 Å². The van der Waals surface area contributed by atoms with Gasteiger partial charge in [-0.05, 0) is 17.5 Å².